The van der Waals surface area contributed by atoms with Crippen molar-refractivity contribution in [1.29, 1.82) is 0 Å². The fourth-order valence-electron chi connectivity index (χ4n) is 0.954. The summed E-state index contributed by atoms with van der Waals surface area (Å²) < 4.78 is 4.87. The van der Waals surface area contributed by atoms with Gasteiger partial charge in [0.25, 0.3) is 0 Å². The molecular weight excluding hydrogens is 191 g/mol. The highest BCUT2D eigenvalue weighted by Crippen LogP contribution is 2.12. The van der Waals surface area contributed by atoms with Gasteiger partial charge in [0.05, 0.1) is 7.11 Å². The standard InChI is InChI=1S/C7H9BO4S/c1-4-3-5(7(9)12-2)13-6(4)8(10)11/h3,10-11H,1-2H3. The fraction of sp³-hybridized carbons (Fsp3) is 0.286. The number of carbonyl (C=O) groups is 1. The molecule has 0 aliphatic heterocycles. The van der Waals surface area contributed by atoms with Gasteiger partial charge in [-0.1, -0.05) is 0 Å². The molecule has 1 aromatic heterocycles. The van der Waals surface area contributed by atoms with Crippen LogP contribution in [-0.2, 0) is 4.74 Å². The number of rotatable bonds is 2. The molecule has 70 valence electrons. The molecule has 0 bridgehead atoms. The monoisotopic (exact) mass is 200 g/mol. The normalized spacial score (nSPS) is 9.85. The lowest BCUT2D eigenvalue weighted by atomic mass is 9.87. The maximum absolute atomic E-state index is 11.0. The van der Waals surface area contributed by atoms with Gasteiger partial charge in [-0.2, -0.15) is 0 Å². The zero-order valence-corrected chi connectivity index (χ0v) is 8.09. The third-order valence-corrected chi connectivity index (χ3v) is 2.83. The third-order valence-electron chi connectivity index (χ3n) is 1.58. The summed E-state index contributed by atoms with van der Waals surface area (Å²) in [6.07, 6.45) is 0. The van der Waals surface area contributed by atoms with Gasteiger partial charge >= 0.3 is 13.1 Å². The zero-order chi connectivity index (χ0) is 10.0. The lowest BCUT2D eigenvalue weighted by molar-refractivity contribution is 0.0606. The Morgan fingerprint density at radius 1 is 1.62 bits per heavy atom. The first-order chi connectivity index (χ1) is 6.06. The van der Waals surface area contributed by atoms with Crippen molar-refractivity contribution in [2.45, 2.75) is 6.92 Å². The summed E-state index contributed by atoms with van der Waals surface area (Å²) >= 11 is 1.03. The van der Waals surface area contributed by atoms with E-state index in [1.54, 1.807) is 13.0 Å². The SMILES string of the molecule is COC(=O)c1cc(C)c(B(O)O)s1. The van der Waals surface area contributed by atoms with Crippen molar-refractivity contribution in [2.75, 3.05) is 7.11 Å². The van der Waals surface area contributed by atoms with Crippen LogP contribution in [0.4, 0.5) is 0 Å². The summed E-state index contributed by atoms with van der Waals surface area (Å²) in [5.41, 5.74) is 0.681. The van der Waals surface area contributed by atoms with Crippen LogP contribution >= 0.6 is 11.3 Å². The van der Waals surface area contributed by atoms with Gasteiger partial charge in [0.1, 0.15) is 4.88 Å². The number of esters is 1. The van der Waals surface area contributed by atoms with Gasteiger partial charge < -0.3 is 14.8 Å². The second-order valence-corrected chi connectivity index (χ2v) is 3.61. The number of hydrogen-bond acceptors (Lipinski definition) is 5. The molecule has 4 nitrogen and oxygen atoms in total. The molecule has 0 atom stereocenters. The summed E-state index contributed by atoms with van der Waals surface area (Å²) in [5, 5.41) is 17.8. The highest BCUT2D eigenvalue weighted by atomic mass is 32.1. The van der Waals surface area contributed by atoms with E-state index >= 15 is 0 Å². The fourth-order valence-corrected chi connectivity index (χ4v) is 1.92. The summed E-state index contributed by atoms with van der Waals surface area (Å²) in [5.74, 6) is -0.458. The van der Waals surface area contributed by atoms with Crippen LogP contribution in [0, 0.1) is 6.92 Å². The van der Waals surface area contributed by atoms with Gasteiger partial charge in [-0.05, 0) is 18.6 Å². The van der Waals surface area contributed by atoms with E-state index in [0.717, 1.165) is 11.3 Å². The van der Waals surface area contributed by atoms with Crippen molar-refractivity contribution in [3.8, 4) is 0 Å². The third kappa shape index (κ3) is 2.09. The Morgan fingerprint density at radius 2 is 2.23 bits per heavy atom. The average molecular weight is 200 g/mol. The first-order valence-corrected chi connectivity index (χ1v) is 4.42. The second-order valence-electron chi connectivity index (χ2n) is 2.52. The van der Waals surface area contributed by atoms with Crippen LogP contribution in [0.5, 0.6) is 0 Å². The summed E-state index contributed by atoms with van der Waals surface area (Å²) in [7, 11) is -0.240. The van der Waals surface area contributed by atoms with Crippen molar-refractivity contribution >= 4 is 29.2 Å². The molecule has 0 fully saturated rings. The maximum atomic E-state index is 11.0. The van der Waals surface area contributed by atoms with E-state index in [4.69, 9.17) is 10.0 Å². The minimum Gasteiger partial charge on any atom is -0.465 e. The molecule has 0 saturated heterocycles. The quantitative estimate of drug-likeness (QED) is 0.500. The average Bonchev–Trinajstić information content (AvgIpc) is 2.46. The van der Waals surface area contributed by atoms with Gasteiger partial charge in [-0.15, -0.1) is 11.3 Å². The minimum atomic E-state index is -1.52. The van der Waals surface area contributed by atoms with Crippen LogP contribution in [0.25, 0.3) is 0 Å². The molecule has 0 aromatic carbocycles. The Hall–Kier alpha value is -0.845. The Labute approximate surface area is 79.9 Å². The van der Waals surface area contributed by atoms with Crippen LogP contribution < -0.4 is 4.78 Å². The van der Waals surface area contributed by atoms with Crippen molar-refractivity contribution in [2.24, 2.45) is 0 Å². The van der Waals surface area contributed by atoms with E-state index in [1.807, 2.05) is 0 Å². The molecule has 0 aliphatic carbocycles. The largest absolute Gasteiger partial charge is 0.499 e. The molecule has 0 saturated carbocycles. The Balaban J connectivity index is 3.02. The van der Waals surface area contributed by atoms with E-state index in [1.165, 1.54) is 7.11 Å². The molecular formula is C7H9BO4S. The first-order valence-electron chi connectivity index (χ1n) is 3.61. The summed E-state index contributed by atoms with van der Waals surface area (Å²) in [4.78, 5) is 11.4. The lowest BCUT2D eigenvalue weighted by Crippen LogP contribution is -2.28. The molecule has 13 heavy (non-hydrogen) atoms. The number of hydrogen-bond donors (Lipinski definition) is 2. The molecule has 0 aliphatic rings. The Morgan fingerprint density at radius 3 is 2.62 bits per heavy atom. The van der Waals surface area contributed by atoms with Crippen molar-refractivity contribution in [3.63, 3.8) is 0 Å². The number of aryl methyl sites for hydroxylation is 1. The predicted octanol–water partition coefficient (Wildman–Crippen LogP) is -0.477. The molecule has 2 N–H and O–H groups in total. The van der Waals surface area contributed by atoms with Crippen LogP contribution in [0.2, 0.25) is 0 Å². The van der Waals surface area contributed by atoms with E-state index in [-0.39, 0.29) is 0 Å². The van der Waals surface area contributed by atoms with Gasteiger partial charge in [-0.25, -0.2) is 4.79 Å². The lowest BCUT2D eigenvalue weighted by Gasteiger charge is -1.93. The molecule has 0 spiro atoms. The van der Waals surface area contributed by atoms with Crippen LogP contribution in [0.1, 0.15) is 15.2 Å². The van der Waals surface area contributed by atoms with E-state index in [0.29, 0.717) is 15.2 Å². The van der Waals surface area contributed by atoms with Crippen molar-refractivity contribution in [3.05, 3.63) is 16.5 Å². The maximum Gasteiger partial charge on any atom is 0.499 e. The zero-order valence-electron chi connectivity index (χ0n) is 7.27. The van der Waals surface area contributed by atoms with Gasteiger partial charge in [0.15, 0.2) is 0 Å². The van der Waals surface area contributed by atoms with E-state index in [9.17, 15) is 4.79 Å². The highest BCUT2D eigenvalue weighted by molar-refractivity contribution is 7.23. The molecule has 1 heterocycles. The van der Waals surface area contributed by atoms with E-state index in [2.05, 4.69) is 4.74 Å². The number of carbonyl (C=O) groups excluding carboxylic acids is 1. The Bertz CT molecular complexity index is 320. The minimum absolute atomic E-state index is 0.375. The number of thiophene rings is 1. The van der Waals surface area contributed by atoms with Gasteiger partial charge in [0.2, 0.25) is 0 Å². The van der Waals surface area contributed by atoms with E-state index < -0.39 is 13.1 Å². The molecule has 0 amide bonds. The van der Waals surface area contributed by atoms with Gasteiger partial charge in [0, 0.05) is 4.78 Å². The molecule has 1 rings (SSSR count). The molecule has 0 radical (unpaired) electrons. The number of ether oxygens (including phenoxy) is 1. The van der Waals surface area contributed by atoms with Crippen LogP contribution in [0.3, 0.4) is 0 Å². The van der Waals surface area contributed by atoms with Crippen LogP contribution in [-0.4, -0.2) is 30.2 Å². The smallest absolute Gasteiger partial charge is 0.465 e. The number of methoxy groups -OCH3 is 1. The summed E-state index contributed by atoms with van der Waals surface area (Å²) in [6.45, 7) is 1.71. The van der Waals surface area contributed by atoms with Gasteiger partial charge in [-0.3, -0.25) is 0 Å². The predicted molar refractivity (Wildman–Crippen MR) is 50.2 cm³/mol. The molecule has 0 unspecified atom stereocenters. The molecule has 6 heteroatoms. The van der Waals surface area contributed by atoms with Crippen molar-refractivity contribution < 1.29 is 19.6 Å². The topological polar surface area (TPSA) is 66.8 Å². The second kappa shape index (κ2) is 3.91. The Kier molecular flexibility index (Phi) is 3.08. The molecule has 1 aromatic rings. The summed E-state index contributed by atoms with van der Waals surface area (Å²) in [6, 6.07) is 1.57. The highest BCUT2D eigenvalue weighted by Gasteiger charge is 2.20. The first kappa shape index (κ1) is 10.2. The van der Waals surface area contributed by atoms with Crippen molar-refractivity contribution in [1.82, 2.24) is 0 Å². The van der Waals surface area contributed by atoms with Crippen LogP contribution in [0.15, 0.2) is 6.07 Å².